The fraction of sp³-hybridized carbons (Fsp3) is 0.429. The molecule has 2 amide bonds. The van der Waals surface area contributed by atoms with Gasteiger partial charge in [-0.2, -0.15) is 0 Å². The molecule has 1 atom stereocenters. The van der Waals surface area contributed by atoms with Crippen LogP contribution in [-0.4, -0.2) is 48.4 Å². The van der Waals surface area contributed by atoms with E-state index in [0.717, 1.165) is 37.9 Å². The summed E-state index contributed by atoms with van der Waals surface area (Å²) in [6.45, 7) is 2.23. The fourth-order valence-corrected chi connectivity index (χ4v) is 4.06. The molecule has 1 unspecified atom stereocenters. The first-order chi connectivity index (χ1) is 13.2. The van der Waals surface area contributed by atoms with E-state index in [-0.39, 0.29) is 23.9 Å². The van der Waals surface area contributed by atoms with E-state index in [1.807, 2.05) is 23.1 Å². The molecule has 1 aromatic carbocycles. The van der Waals surface area contributed by atoms with Crippen LogP contribution >= 0.6 is 0 Å². The predicted octanol–water partition coefficient (Wildman–Crippen LogP) is 2.67. The van der Waals surface area contributed by atoms with Gasteiger partial charge in [0.05, 0.1) is 11.8 Å². The van der Waals surface area contributed by atoms with Crippen LogP contribution in [0, 0.1) is 0 Å². The van der Waals surface area contributed by atoms with E-state index in [2.05, 4.69) is 22.3 Å². The largest absolute Gasteiger partial charge is 0.472 e. The molecular formula is C21H25N3O3. The Labute approximate surface area is 159 Å². The normalized spacial score (nSPS) is 20.7. The second-order valence-corrected chi connectivity index (χ2v) is 7.27. The fourth-order valence-electron chi connectivity index (χ4n) is 4.06. The number of piperidine rings is 1. The first-order valence-corrected chi connectivity index (χ1v) is 9.66. The molecule has 1 N–H and O–H groups in total. The zero-order chi connectivity index (χ0) is 18.6. The number of para-hydroxylation sites is 1. The van der Waals surface area contributed by atoms with Crippen LogP contribution in [-0.2, 0) is 4.79 Å². The highest BCUT2D eigenvalue weighted by atomic mass is 16.3. The van der Waals surface area contributed by atoms with Gasteiger partial charge in [-0.15, -0.1) is 0 Å². The van der Waals surface area contributed by atoms with Gasteiger partial charge in [-0.25, -0.2) is 0 Å². The van der Waals surface area contributed by atoms with Gasteiger partial charge in [0.15, 0.2) is 0 Å². The van der Waals surface area contributed by atoms with Crippen LogP contribution in [0.4, 0.5) is 5.69 Å². The number of benzene rings is 1. The molecule has 3 heterocycles. The summed E-state index contributed by atoms with van der Waals surface area (Å²) in [6, 6.07) is 11.9. The molecule has 0 bridgehead atoms. The van der Waals surface area contributed by atoms with Crippen LogP contribution in [0.2, 0.25) is 0 Å². The summed E-state index contributed by atoms with van der Waals surface area (Å²) in [5.74, 6) is 0.107. The lowest BCUT2D eigenvalue weighted by Crippen LogP contribution is -2.51. The number of likely N-dealkylation sites (tertiary alicyclic amines) is 1. The van der Waals surface area contributed by atoms with Crippen molar-refractivity contribution < 1.29 is 14.0 Å². The maximum Gasteiger partial charge on any atom is 0.257 e. The van der Waals surface area contributed by atoms with Crippen molar-refractivity contribution in [3.8, 4) is 0 Å². The highest BCUT2D eigenvalue weighted by Gasteiger charge is 2.33. The molecule has 2 aliphatic heterocycles. The molecule has 2 fully saturated rings. The van der Waals surface area contributed by atoms with E-state index in [9.17, 15) is 9.59 Å². The lowest BCUT2D eigenvalue weighted by molar-refractivity contribution is -0.123. The summed E-state index contributed by atoms with van der Waals surface area (Å²) in [6.07, 6.45) is 6.48. The number of furan rings is 1. The molecule has 0 saturated carbocycles. The molecule has 2 aromatic rings. The van der Waals surface area contributed by atoms with E-state index in [1.54, 1.807) is 6.07 Å². The standard InChI is InChI=1S/C21H25N3O3/c25-20(19-7-4-11-24(19)18-5-2-1-3-6-18)22-17-8-12-23(13-9-17)21(26)16-10-14-27-15-16/h1-3,5-6,10,14-15,17,19H,4,7-9,11-13H2,(H,22,25). The van der Waals surface area contributed by atoms with Crippen LogP contribution in [0.5, 0.6) is 0 Å². The Morgan fingerprint density at radius 2 is 1.78 bits per heavy atom. The van der Waals surface area contributed by atoms with Crippen molar-refractivity contribution in [2.45, 2.75) is 37.8 Å². The third-order valence-electron chi connectivity index (χ3n) is 5.54. The topological polar surface area (TPSA) is 65.8 Å². The first kappa shape index (κ1) is 17.6. The Morgan fingerprint density at radius 1 is 1.00 bits per heavy atom. The smallest absolute Gasteiger partial charge is 0.257 e. The molecule has 142 valence electrons. The van der Waals surface area contributed by atoms with Crippen LogP contribution in [0.3, 0.4) is 0 Å². The van der Waals surface area contributed by atoms with Gasteiger partial charge in [-0.05, 0) is 43.9 Å². The number of hydrogen-bond acceptors (Lipinski definition) is 4. The maximum absolute atomic E-state index is 12.9. The summed E-state index contributed by atoms with van der Waals surface area (Å²) in [4.78, 5) is 29.3. The van der Waals surface area contributed by atoms with Gasteiger partial charge in [0.25, 0.3) is 5.91 Å². The highest BCUT2D eigenvalue weighted by molar-refractivity contribution is 5.94. The molecule has 27 heavy (non-hydrogen) atoms. The molecule has 6 nitrogen and oxygen atoms in total. The second-order valence-electron chi connectivity index (χ2n) is 7.27. The first-order valence-electron chi connectivity index (χ1n) is 9.66. The van der Waals surface area contributed by atoms with Crippen molar-refractivity contribution in [2.75, 3.05) is 24.5 Å². The minimum absolute atomic E-state index is 0.000396. The van der Waals surface area contributed by atoms with Crippen molar-refractivity contribution in [1.82, 2.24) is 10.2 Å². The third kappa shape index (κ3) is 3.84. The Morgan fingerprint density at radius 3 is 2.48 bits per heavy atom. The molecule has 0 spiro atoms. The van der Waals surface area contributed by atoms with Crippen LogP contribution in [0.1, 0.15) is 36.0 Å². The summed E-state index contributed by atoms with van der Waals surface area (Å²) in [5, 5.41) is 3.22. The van der Waals surface area contributed by atoms with E-state index >= 15 is 0 Å². The molecule has 2 saturated heterocycles. The average Bonchev–Trinajstić information content (AvgIpc) is 3.41. The Balaban J connectivity index is 1.31. The lowest BCUT2D eigenvalue weighted by Gasteiger charge is -2.34. The van der Waals surface area contributed by atoms with Crippen LogP contribution < -0.4 is 10.2 Å². The van der Waals surface area contributed by atoms with Gasteiger partial charge in [-0.1, -0.05) is 18.2 Å². The van der Waals surface area contributed by atoms with Crippen molar-refractivity contribution in [2.24, 2.45) is 0 Å². The Kier molecular flexibility index (Phi) is 5.14. The number of carbonyl (C=O) groups is 2. The molecule has 1 aromatic heterocycles. The van der Waals surface area contributed by atoms with Crippen LogP contribution in [0.25, 0.3) is 0 Å². The minimum atomic E-state index is -0.0991. The predicted molar refractivity (Wildman–Crippen MR) is 103 cm³/mol. The quantitative estimate of drug-likeness (QED) is 0.902. The number of carbonyl (C=O) groups excluding carboxylic acids is 2. The molecule has 0 aliphatic carbocycles. The number of nitrogens with zero attached hydrogens (tertiary/aromatic N) is 2. The zero-order valence-electron chi connectivity index (χ0n) is 15.3. The molecular weight excluding hydrogens is 342 g/mol. The molecule has 0 radical (unpaired) electrons. The van der Waals surface area contributed by atoms with Gasteiger partial charge in [0.2, 0.25) is 5.91 Å². The van der Waals surface area contributed by atoms with E-state index < -0.39 is 0 Å². The molecule has 6 heteroatoms. The maximum atomic E-state index is 12.9. The van der Waals surface area contributed by atoms with E-state index in [1.165, 1.54) is 12.5 Å². The summed E-state index contributed by atoms with van der Waals surface area (Å²) in [5.41, 5.74) is 1.69. The van der Waals surface area contributed by atoms with Crippen molar-refractivity contribution in [3.05, 3.63) is 54.5 Å². The molecule has 4 rings (SSSR count). The Hall–Kier alpha value is -2.76. The number of anilines is 1. The summed E-state index contributed by atoms with van der Waals surface area (Å²) >= 11 is 0. The monoisotopic (exact) mass is 367 g/mol. The number of rotatable bonds is 4. The highest BCUT2D eigenvalue weighted by Crippen LogP contribution is 2.25. The van der Waals surface area contributed by atoms with E-state index in [4.69, 9.17) is 4.42 Å². The second kappa shape index (κ2) is 7.86. The zero-order valence-corrected chi connectivity index (χ0v) is 15.3. The number of hydrogen-bond donors (Lipinski definition) is 1. The van der Waals surface area contributed by atoms with Crippen molar-refractivity contribution >= 4 is 17.5 Å². The van der Waals surface area contributed by atoms with Gasteiger partial charge >= 0.3 is 0 Å². The third-order valence-corrected chi connectivity index (χ3v) is 5.54. The SMILES string of the molecule is O=C(NC1CCN(C(=O)c2ccoc2)CC1)C1CCCN1c1ccccc1. The van der Waals surface area contributed by atoms with Gasteiger partial charge in [0.1, 0.15) is 12.3 Å². The summed E-state index contributed by atoms with van der Waals surface area (Å²) in [7, 11) is 0. The van der Waals surface area contributed by atoms with Crippen molar-refractivity contribution in [3.63, 3.8) is 0 Å². The minimum Gasteiger partial charge on any atom is -0.472 e. The van der Waals surface area contributed by atoms with Gasteiger partial charge in [-0.3, -0.25) is 9.59 Å². The number of amides is 2. The average molecular weight is 367 g/mol. The van der Waals surface area contributed by atoms with Crippen LogP contribution in [0.15, 0.2) is 53.3 Å². The molecule has 2 aliphatic rings. The Bertz CT molecular complexity index is 767. The summed E-state index contributed by atoms with van der Waals surface area (Å²) < 4.78 is 4.99. The van der Waals surface area contributed by atoms with Gasteiger partial charge < -0.3 is 19.5 Å². The van der Waals surface area contributed by atoms with E-state index in [0.29, 0.717) is 18.7 Å². The van der Waals surface area contributed by atoms with Gasteiger partial charge in [0, 0.05) is 31.4 Å². The number of nitrogens with one attached hydrogen (secondary N) is 1. The lowest BCUT2D eigenvalue weighted by atomic mass is 10.0. The van der Waals surface area contributed by atoms with Crippen molar-refractivity contribution in [1.29, 1.82) is 0 Å².